The summed E-state index contributed by atoms with van der Waals surface area (Å²) in [6.07, 6.45) is 3.09. The highest BCUT2D eigenvalue weighted by Crippen LogP contribution is 2.37. The van der Waals surface area contributed by atoms with Crippen LogP contribution in [-0.2, 0) is 14.8 Å². The van der Waals surface area contributed by atoms with Crippen molar-refractivity contribution in [3.05, 3.63) is 66.1 Å². The van der Waals surface area contributed by atoms with Crippen LogP contribution in [0.25, 0.3) is 27.9 Å². The van der Waals surface area contributed by atoms with Crippen molar-refractivity contribution in [3.63, 3.8) is 0 Å². The van der Waals surface area contributed by atoms with Gasteiger partial charge in [-0.1, -0.05) is 12.1 Å². The highest BCUT2D eigenvalue weighted by atomic mass is 32.2. The fourth-order valence-electron chi connectivity index (χ4n) is 3.55. The first-order valence-electron chi connectivity index (χ1n) is 9.32. The van der Waals surface area contributed by atoms with E-state index in [4.69, 9.17) is 0 Å². The number of hydrogen-bond acceptors (Lipinski definition) is 8. The summed E-state index contributed by atoms with van der Waals surface area (Å²) in [5, 5.41) is 28.5. The van der Waals surface area contributed by atoms with Gasteiger partial charge in [0.05, 0.1) is 10.6 Å². The van der Waals surface area contributed by atoms with Crippen LogP contribution in [0.1, 0.15) is 5.56 Å². The lowest BCUT2D eigenvalue weighted by Crippen LogP contribution is -2.37. The van der Waals surface area contributed by atoms with E-state index in [0.29, 0.717) is 22.0 Å². The van der Waals surface area contributed by atoms with Crippen molar-refractivity contribution in [2.45, 2.75) is 4.90 Å². The SMILES string of the molecule is CN1C(C(=O)Nc2ccccc2-c2nn[nH]n2)=C(O)c2cc3ccncc3cc2S1(=O)=O. The Hall–Kier alpha value is -4.32. The summed E-state index contributed by atoms with van der Waals surface area (Å²) >= 11 is 0. The average Bonchev–Trinajstić information content (AvgIpc) is 3.32. The molecule has 3 N–H and O–H groups in total. The minimum Gasteiger partial charge on any atom is -0.505 e. The minimum atomic E-state index is -4.10. The van der Waals surface area contributed by atoms with Crippen molar-refractivity contribution in [1.29, 1.82) is 0 Å². The molecule has 4 aromatic rings. The van der Waals surface area contributed by atoms with Crippen LogP contribution in [0.2, 0.25) is 0 Å². The zero-order valence-electron chi connectivity index (χ0n) is 16.5. The van der Waals surface area contributed by atoms with Gasteiger partial charge in [-0.2, -0.15) is 5.21 Å². The molecular formula is C20H15N7O4S. The molecule has 0 bridgehead atoms. The molecule has 0 spiro atoms. The number of para-hydroxylation sites is 1. The van der Waals surface area contributed by atoms with Gasteiger partial charge in [0.1, 0.15) is 0 Å². The lowest BCUT2D eigenvalue weighted by Gasteiger charge is -2.29. The second-order valence-electron chi connectivity index (χ2n) is 6.98. The number of H-pyrrole nitrogens is 1. The molecular weight excluding hydrogens is 434 g/mol. The van der Waals surface area contributed by atoms with Crippen LogP contribution < -0.4 is 5.32 Å². The number of pyridine rings is 1. The number of rotatable bonds is 3. The Balaban J connectivity index is 1.62. The smallest absolute Gasteiger partial charge is 0.276 e. The fraction of sp³-hybridized carbons (Fsp3) is 0.0500. The number of benzene rings is 2. The normalized spacial score (nSPS) is 15.0. The van der Waals surface area contributed by atoms with Gasteiger partial charge in [-0.3, -0.25) is 14.1 Å². The minimum absolute atomic E-state index is 0.0402. The number of carbonyl (C=O) groups excluding carboxylic acids is 1. The maximum Gasteiger partial charge on any atom is 0.276 e. The first-order valence-corrected chi connectivity index (χ1v) is 10.8. The van der Waals surface area contributed by atoms with Gasteiger partial charge in [-0.25, -0.2) is 8.42 Å². The second kappa shape index (κ2) is 7.13. The molecule has 1 aliphatic rings. The molecule has 1 amide bonds. The van der Waals surface area contributed by atoms with Gasteiger partial charge in [-0.15, -0.1) is 10.2 Å². The summed E-state index contributed by atoms with van der Waals surface area (Å²) in [5.74, 6) is -1.02. The zero-order chi connectivity index (χ0) is 22.5. The quantitative estimate of drug-likeness (QED) is 0.429. The summed E-state index contributed by atoms with van der Waals surface area (Å²) in [7, 11) is -2.89. The van der Waals surface area contributed by atoms with Gasteiger partial charge in [-0.05, 0) is 40.9 Å². The van der Waals surface area contributed by atoms with Crippen LogP contribution in [0.3, 0.4) is 0 Å². The third-order valence-corrected chi connectivity index (χ3v) is 6.95. The lowest BCUT2D eigenvalue weighted by molar-refractivity contribution is -0.113. The summed E-state index contributed by atoms with van der Waals surface area (Å²) in [6, 6.07) is 11.3. The molecule has 0 atom stereocenters. The van der Waals surface area contributed by atoms with E-state index in [2.05, 4.69) is 30.9 Å². The number of aromatic nitrogens is 5. The van der Waals surface area contributed by atoms with Crippen molar-refractivity contribution < 1.29 is 18.3 Å². The van der Waals surface area contributed by atoms with Gasteiger partial charge in [0.2, 0.25) is 5.82 Å². The average molecular weight is 449 g/mol. The molecule has 11 nitrogen and oxygen atoms in total. The van der Waals surface area contributed by atoms with E-state index in [1.807, 2.05) is 0 Å². The van der Waals surface area contributed by atoms with Crippen molar-refractivity contribution >= 4 is 38.1 Å². The van der Waals surface area contributed by atoms with E-state index in [1.54, 1.807) is 36.5 Å². The predicted octanol–water partition coefficient (Wildman–Crippen LogP) is 1.91. The Bertz CT molecular complexity index is 1510. The molecule has 1 aliphatic heterocycles. The van der Waals surface area contributed by atoms with Crippen molar-refractivity contribution in [2.24, 2.45) is 0 Å². The molecule has 160 valence electrons. The number of tetrazole rings is 1. The van der Waals surface area contributed by atoms with Crippen molar-refractivity contribution in [1.82, 2.24) is 29.9 Å². The predicted molar refractivity (Wildman–Crippen MR) is 114 cm³/mol. The van der Waals surface area contributed by atoms with Gasteiger partial charge < -0.3 is 10.4 Å². The fourth-order valence-corrected chi connectivity index (χ4v) is 4.97. The molecule has 2 aromatic carbocycles. The monoisotopic (exact) mass is 449 g/mol. The van der Waals surface area contributed by atoms with Crippen LogP contribution in [-0.4, -0.2) is 56.4 Å². The standard InChI is InChI=1S/C20H15N7O4S/c1-27-17(20(29)22-15-5-3-2-4-13(15)19-23-25-26-24-19)18(28)14-8-11-6-7-21-10-12(11)9-16(14)32(27,30)31/h2-10,28H,1H3,(H,22,29)(H,23,24,25,26). The molecule has 12 heteroatoms. The number of anilines is 1. The Morgan fingerprint density at radius 1 is 1.12 bits per heavy atom. The number of hydrogen-bond donors (Lipinski definition) is 3. The molecule has 0 unspecified atom stereocenters. The number of nitrogens with one attached hydrogen (secondary N) is 2. The third kappa shape index (κ3) is 2.96. The second-order valence-corrected chi connectivity index (χ2v) is 8.91. The number of carbonyl (C=O) groups is 1. The maximum atomic E-state index is 13.2. The summed E-state index contributed by atoms with van der Waals surface area (Å²) in [5.41, 5.74) is 0.419. The molecule has 32 heavy (non-hydrogen) atoms. The van der Waals surface area contributed by atoms with E-state index >= 15 is 0 Å². The molecule has 0 saturated carbocycles. The van der Waals surface area contributed by atoms with E-state index in [-0.39, 0.29) is 16.3 Å². The Kier molecular flexibility index (Phi) is 4.37. The number of fused-ring (bicyclic) bond motifs is 2. The maximum absolute atomic E-state index is 13.2. The van der Waals surface area contributed by atoms with Crippen LogP contribution >= 0.6 is 0 Å². The van der Waals surface area contributed by atoms with Crippen LogP contribution in [0, 0.1) is 0 Å². The summed E-state index contributed by atoms with van der Waals surface area (Å²) in [4.78, 5) is 17.1. The van der Waals surface area contributed by atoms with Gasteiger partial charge >= 0.3 is 0 Å². The molecule has 0 fully saturated rings. The molecule has 5 rings (SSSR count). The van der Waals surface area contributed by atoms with Gasteiger partial charge in [0, 0.05) is 36.0 Å². The number of nitrogens with zero attached hydrogens (tertiary/aromatic N) is 5. The molecule has 2 aromatic heterocycles. The molecule has 3 heterocycles. The highest BCUT2D eigenvalue weighted by molar-refractivity contribution is 7.89. The number of aromatic amines is 1. The van der Waals surface area contributed by atoms with Crippen molar-refractivity contribution in [3.8, 4) is 11.4 Å². The first kappa shape index (κ1) is 19.6. The summed E-state index contributed by atoms with van der Waals surface area (Å²) in [6.45, 7) is 0. The number of likely N-dealkylation sites (N-methyl/N-ethyl adjacent to an activating group) is 1. The molecule has 0 radical (unpaired) electrons. The largest absolute Gasteiger partial charge is 0.505 e. The Morgan fingerprint density at radius 3 is 2.72 bits per heavy atom. The Labute approximate surface area is 181 Å². The van der Waals surface area contributed by atoms with Crippen LogP contribution in [0.4, 0.5) is 5.69 Å². The van der Waals surface area contributed by atoms with Gasteiger partial charge in [0.25, 0.3) is 15.9 Å². The van der Waals surface area contributed by atoms with Crippen LogP contribution in [0.15, 0.2) is 65.5 Å². The third-order valence-electron chi connectivity index (χ3n) is 5.15. The number of sulfonamides is 1. The van der Waals surface area contributed by atoms with E-state index in [0.717, 1.165) is 4.31 Å². The van der Waals surface area contributed by atoms with E-state index < -0.39 is 27.4 Å². The van der Waals surface area contributed by atoms with E-state index in [1.165, 1.54) is 25.4 Å². The lowest BCUT2D eigenvalue weighted by atomic mass is 10.1. The Morgan fingerprint density at radius 2 is 1.94 bits per heavy atom. The molecule has 0 saturated heterocycles. The zero-order valence-corrected chi connectivity index (χ0v) is 17.3. The van der Waals surface area contributed by atoms with Gasteiger partial charge in [0.15, 0.2) is 11.5 Å². The molecule has 0 aliphatic carbocycles. The van der Waals surface area contributed by atoms with Crippen molar-refractivity contribution in [2.75, 3.05) is 12.4 Å². The number of amides is 1. The van der Waals surface area contributed by atoms with Crippen LogP contribution in [0.5, 0.6) is 0 Å². The topological polar surface area (TPSA) is 154 Å². The summed E-state index contributed by atoms with van der Waals surface area (Å²) < 4.78 is 27.1. The van der Waals surface area contributed by atoms with E-state index in [9.17, 15) is 18.3 Å². The highest BCUT2D eigenvalue weighted by Gasteiger charge is 2.38. The number of aliphatic hydroxyl groups excluding tert-OH is 1. The first-order chi connectivity index (χ1) is 15.4. The number of aliphatic hydroxyl groups is 1.